The average Bonchev–Trinajstić information content (AvgIpc) is 3.07. The number of carbonyl (C=O) groups excluding carboxylic acids is 1. The van der Waals surface area contributed by atoms with Crippen molar-refractivity contribution in [3.8, 4) is 5.75 Å². The van der Waals surface area contributed by atoms with Crippen LogP contribution < -0.4 is 10.1 Å². The number of nitrogens with zero attached hydrogens (tertiary/aromatic N) is 2. The predicted molar refractivity (Wildman–Crippen MR) is 103 cm³/mol. The second kappa shape index (κ2) is 8.07. The third-order valence-corrected chi connectivity index (χ3v) is 4.91. The number of aliphatic imine (C=N–C) groups is 1. The van der Waals surface area contributed by atoms with Crippen LogP contribution in [0, 0.1) is 0 Å². The third-order valence-electron chi connectivity index (χ3n) is 3.80. The molecule has 0 saturated heterocycles. The Hall–Kier alpha value is -2.47. The molecule has 3 rings (SSSR count). The van der Waals surface area contributed by atoms with Gasteiger partial charge in [0, 0.05) is 5.25 Å². The number of carbonyl (C=O) groups is 1. The number of urea groups is 1. The summed E-state index contributed by atoms with van der Waals surface area (Å²) in [6.07, 6.45) is 0. The van der Waals surface area contributed by atoms with Crippen molar-refractivity contribution in [1.82, 2.24) is 4.90 Å². The van der Waals surface area contributed by atoms with Crippen molar-refractivity contribution >= 4 is 28.6 Å². The van der Waals surface area contributed by atoms with Gasteiger partial charge in [-0.3, -0.25) is 9.89 Å². The molecule has 1 aliphatic heterocycles. The maximum atomic E-state index is 12.9. The van der Waals surface area contributed by atoms with E-state index in [0.717, 1.165) is 17.3 Å². The van der Waals surface area contributed by atoms with E-state index in [9.17, 15) is 4.79 Å². The molecule has 0 aromatic heterocycles. The molecule has 0 saturated carbocycles. The van der Waals surface area contributed by atoms with Crippen molar-refractivity contribution in [3.63, 3.8) is 0 Å². The first kappa shape index (κ1) is 17.4. The lowest BCUT2D eigenvalue weighted by Crippen LogP contribution is -2.37. The fourth-order valence-electron chi connectivity index (χ4n) is 2.53. The molecule has 0 spiro atoms. The highest BCUT2D eigenvalue weighted by atomic mass is 32.2. The van der Waals surface area contributed by atoms with E-state index in [1.54, 1.807) is 23.8 Å². The molecule has 1 aliphatic rings. The van der Waals surface area contributed by atoms with E-state index in [0.29, 0.717) is 23.2 Å². The summed E-state index contributed by atoms with van der Waals surface area (Å²) in [5, 5.41) is 4.08. The first-order valence-corrected chi connectivity index (χ1v) is 9.02. The van der Waals surface area contributed by atoms with E-state index in [4.69, 9.17) is 4.74 Å². The van der Waals surface area contributed by atoms with E-state index < -0.39 is 0 Å². The van der Waals surface area contributed by atoms with Gasteiger partial charge in [0.2, 0.25) is 0 Å². The summed E-state index contributed by atoms with van der Waals surface area (Å²) < 4.78 is 5.32. The third kappa shape index (κ3) is 4.33. The lowest BCUT2D eigenvalue weighted by atomic mass is 10.2. The van der Waals surface area contributed by atoms with Gasteiger partial charge in [-0.25, -0.2) is 4.79 Å². The quantitative estimate of drug-likeness (QED) is 0.893. The number of para-hydroxylation sites is 2. The van der Waals surface area contributed by atoms with Crippen molar-refractivity contribution in [2.45, 2.75) is 18.7 Å². The first-order valence-electron chi connectivity index (χ1n) is 8.14. The van der Waals surface area contributed by atoms with Crippen LogP contribution in [-0.4, -0.2) is 35.0 Å². The van der Waals surface area contributed by atoms with E-state index in [-0.39, 0.29) is 6.03 Å². The molecule has 0 unspecified atom stereocenters. The minimum absolute atomic E-state index is 0.214. The zero-order chi connectivity index (χ0) is 17.6. The van der Waals surface area contributed by atoms with E-state index in [1.807, 2.05) is 54.6 Å². The van der Waals surface area contributed by atoms with Crippen LogP contribution in [0.5, 0.6) is 5.75 Å². The van der Waals surface area contributed by atoms with Gasteiger partial charge in [-0.2, -0.15) is 0 Å². The Bertz CT molecular complexity index is 764. The van der Waals surface area contributed by atoms with E-state index >= 15 is 0 Å². The number of anilines is 1. The average molecular weight is 355 g/mol. The molecule has 2 amide bonds. The lowest BCUT2D eigenvalue weighted by molar-refractivity contribution is 0.233. The summed E-state index contributed by atoms with van der Waals surface area (Å²) in [7, 11) is 1.59. The smallest absolute Gasteiger partial charge is 0.328 e. The zero-order valence-electron chi connectivity index (χ0n) is 14.3. The number of amidine groups is 1. The molecule has 1 heterocycles. The standard InChI is InChI=1S/C19H21N3O2S/c1-14-12-20-19(25-14)22(13-15-8-4-3-5-9-15)18(23)21-16-10-6-7-11-17(16)24-2/h3-11,14H,12-13H2,1-2H3,(H,21,23)/t14-/m0/s1. The highest BCUT2D eigenvalue weighted by Gasteiger charge is 2.26. The summed E-state index contributed by atoms with van der Waals surface area (Å²) in [6, 6.07) is 17.1. The summed E-state index contributed by atoms with van der Waals surface area (Å²) in [5.41, 5.74) is 1.70. The van der Waals surface area contributed by atoms with Crippen LogP contribution in [0.2, 0.25) is 0 Å². The van der Waals surface area contributed by atoms with Crippen molar-refractivity contribution in [1.29, 1.82) is 0 Å². The van der Waals surface area contributed by atoms with Crippen LogP contribution in [0.4, 0.5) is 10.5 Å². The van der Waals surface area contributed by atoms with Gasteiger partial charge in [-0.15, -0.1) is 0 Å². The van der Waals surface area contributed by atoms with Crippen LogP contribution in [0.3, 0.4) is 0 Å². The minimum Gasteiger partial charge on any atom is -0.495 e. The Kier molecular flexibility index (Phi) is 5.60. The van der Waals surface area contributed by atoms with Crippen LogP contribution in [-0.2, 0) is 6.54 Å². The molecule has 2 aromatic carbocycles. The second-order valence-electron chi connectivity index (χ2n) is 5.75. The van der Waals surface area contributed by atoms with Gasteiger partial charge in [0.15, 0.2) is 5.17 Å². The monoisotopic (exact) mass is 355 g/mol. The van der Waals surface area contributed by atoms with Crippen LogP contribution in [0.15, 0.2) is 59.6 Å². The first-order chi connectivity index (χ1) is 12.2. The van der Waals surface area contributed by atoms with Gasteiger partial charge >= 0.3 is 6.03 Å². The Labute approximate surface area is 152 Å². The van der Waals surface area contributed by atoms with Crippen LogP contribution >= 0.6 is 11.8 Å². The number of methoxy groups -OCH3 is 1. The highest BCUT2D eigenvalue weighted by Crippen LogP contribution is 2.27. The Morgan fingerprint density at radius 2 is 1.96 bits per heavy atom. The topological polar surface area (TPSA) is 53.9 Å². The summed E-state index contributed by atoms with van der Waals surface area (Å²) >= 11 is 1.63. The molecule has 1 atom stereocenters. The van der Waals surface area contributed by atoms with Crippen LogP contribution in [0.1, 0.15) is 12.5 Å². The molecule has 130 valence electrons. The SMILES string of the molecule is COc1ccccc1NC(=O)N(Cc1ccccc1)C1=NC[C@H](C)S1. The fraction of sp³-hybridized carbons (Fsp3) is 0.263. The van der Waals surface area contributed by atoms with Gasteiger partial charge in [0.1, 0.15) is 5.75 Å². The Balaban J connectivity index is 1.82. The number of hydrogen-bond donors (Lipinski definition) is 1. The molecule has 0 radical (unpaired) electrons. The van der Waals surface area contributed by atoms with Gasteiger partial charge in [0.25, 0.3) is 0 Å². The Morgan fingerprint density at radius 1 is 1.24 bits per heavy atom. The van der Waals surface area contributed by atoms with Crippen molar-refractivity contribution in [2.24, 2.45) is 4.99 Å². The van der Waals surface area contributed by atoms with Gasteiger partial charge in [0.05, 0.1) is 25.9 Å². The molecule has 0 aliphatic carbocycles. The van der Waals surface area contributed by atoms with Crippen LogP contribution in [0.25, 0.3) is 0 Å². The number of rotatable bonds is 4. The maximum Gasteiger partial charge on any atom is 0.328 e. The summed E-state index contributed by atoms with van der Waals surface area (Å²) in [5.74, 6) is 0.630. The molecule has 2 aromatic rings. The molecule has 0 fully saturated rings. The van der Waals surface area contributed by atoms with Crippen molar-refractivity contribution < 1.29 is 9.53 Å². The molecule has 6 heteroatoms. The van der Waals surface area contributed by atoms with Crippen molar-refractivity contribution in [3.05, 3.63) is 60.2 Å². The lowest BCUT2D eigenvalue weighted by Gasteiger charge is -2.23. The van der Waals surface area contributed by atoms with E-state index in [2.05, 4.69) is 17.2 Å². The summed E-state index contributed by atoms with van der Waals surface area (Å²) in [6.45, 7) is 3.31. The van der Waals surface area contributed by atoms with Gasteiger partial charge in [-0.05, 0) is 17.7 Å². The van der Waals surface area contributed by atoms with Gasteiger partial charge in [-0.1, -0.05) is 61.2 Å². The zero-order valence-corrected chi connectivity index (χ0v) is 15.1. The molecule has 1 N–H and O–H groups in total. The highest BCUT2D eigenvalue weighted by molar-refractivity contribution is 8.14. The molecular formula is C19H21N3O2S. The van der Waals surface area contributed by atoms with Gasteiger partial charge < -0.3 is 10.1 Å². The largest absolute Gasteiger partial charge is 0.495 e. The molecule has 5 nitrogen and oxygen atoms in total. The Morgan fingerprint density at radius 3 is 2.64 bits per heavy atom. The molecule has 25 heavy (non-hydrogen) atoms. The number of amides is 2. The molecule has 0 bridgehead atoms. The maximum absolute atomic E-state index is 12.9. The number of nitrogens with one attached hydrogen (secondary N) is 1. The molecular weight excluding hydrogens is 334 g/mol. The second-order valence-corrected chi connectivity index (χ2v) is 7.16. The van der Waals surface area contributed by atoms with E-state index in [1.165, 1.54) is 0 Å². The summed E-state index contributed by atoms with van der Waals surface area (Å²) in [4.78, 5) is 19.2. The number of ether oxygens (including phenoxy) is 1. The number of benzene rings is 2. The predicted octanol–water partition coefficient (Wildman–Crippen LogP) is 4.22. The fourth-order valence-corrected chi connectivity index (χ4v) is 3.47. The number of hydrogen-bond acceptors (Lipinski definition) is 4. The normalized spacial score (nSPS) is 16.2. The minimum atomic E-state index is -0.214. The van der Waals surface area contributed by atoms with Crippen molar-refractivity contribution in [2.75, 3.05) is 19.0 Å². The number of thioether (sulfide) groups is 1.